The van der Waals surface area contributed by atoms with Crippen molar-refractivity contribution in [1.29, 1.82) is 0 Å². The molecule has 0 unspecified atom stereocenters. The highest BCUT2D eigenvalue weighted by molar-refractivity contribution is 8.00. The number of aryl methyl sites for hydroxylation is 1. The Balaban J connectivity index is 2.67. The maximum atomic E-state index is 12.1. The zero-order chi connectivity index (χ0) is 15.4. The van der Waals surface area contributed by atoms with Gasteiger partial charge < -0.3 is 4.74 Å². The Hall–Kier alpha value is -0.720. The van der Waals surface area contributed by atoms with Gasteiger partial charge in [-0.2, -0.15) is 11.8 Å². The topological polar surface area (TPSA) is 55.4 Å². The van der Waals surface area contributed by atoms with Crippen LogP contribution in [0, 0.1) is 6.92 Å². The minimum atomic E-state index is -3.44. The Kier molecular flexibility index (Phi) is 5.91. The van der Waals surface area contributed by atoms with E-state index in [1.165, 1.54) is 0 Å². The number of ether oxygens (including phenoxy) is 1. The largest absolute Gasteiger partial charge is 0.496 e. The van der Waals surface area contributed by atoms with Crippen LogP contribution in [0.4, 0.5) is 0 Å². The third-order valence-electron chi connectivity index (χ3n) is 2.61. The summed E-state index contributed by atoms with van der Waals surface area (Å²) in [7, 11) is -1.88. The van der Waals surface area contributed by atoms with Crippen LogP contribution in [0.25, 0.3) is 0 Å². The second-order valence-corrected chi connectivity index (χ2v) is 9.18. The Labute approximate surface area is 126 Å². The lowest BCUT2D eigenvalue weighted by atomic mass is 10.2. The van der Waals surface area contributed by atoms with Crippen molar-refractivity contribution in [1.82, 2.24) is 4.72 Å². The molecule has 114 valence electrons. The molecular weight excluding hydrogens is 294 g/mol. The average molecular weight is 317 g/mol. The van der Waals surface area contributed by atoms with Crippen LogP contribution in [-0.2, 0) is 10.0 Å². The number of methoxy groups -OCH3 is 1. The SMILES string of the molecule is COc1ccc(S(=O)(=O)NCCSC(C)(C)C)cc1C. The van der Waals surface area contributed by atoms with Crippen LogP contribution in [0.3, 0.4) is 0 Å². The Bertz CT molecular complexity index is 548. The fourth-order valence-electron chi connectivity index (χ4n) is 1.63. The predicted octanol–water partition coefficient (Wildman–Crippen LogP) is 2.81. The summed E-state index contributed by atoms with van der Waals surface area (Å²) in [6.07, 6.45) is 0. The molecule has 1 aromatic carbocycles. The molecule has 0 radical (unpaired) electrons. The van der Waals surface area contributed by atoms with Gasteiger partial charge in [-0.15, -0.1) is 0 Å². The van der Waals surface area contributed by atoms with Gasteiger partial charge in [0.25, 0.3) is 0 Å². The van der Waals surface area contributed by atoms with Crippen molar-refractivity contribution < 1.29 is 13.2 Å². The summed E-state index contributed by atoms with van der Waals surface area (Å²) >= 11 is 1.73. The Morgan fingerprint density at radius 2 is 1.95 bits per heavy atom. The Morgan fingerprint density at radius 1 is 1.30 bits per heavy atom. The second-order valence-electron chi connectivity index (χ2n) is 5.49. The molecule has 0 aromatic heterocycles. The lowest BCUT2D eigenvalue weighted by molar-refractivity contribution is 0.411. The van der Waals surface area contributed by atoms with E-state index in [-0.39, 0.29) is 9.64 Å². The number of thioether (sulfide) groups is 1. The molecule has 0 heterocycles. The normalized spacial score (nSPS) is 12.4. The van der Waals surface area contributed by atoms with Crippen LogP contribution in [0.15, 0.2) is 23.1 Å². The quantitative estimate of drug-likeness (QED) is 0.820. The summed E-state index contributed by atoms with van der Waals surface area (Å²) in [6.45, 7) is 8.58. The van der Waals surface area contributed by atoms with Crippen molar-refractivity contribution in [3.63, 3.8) is 0 Å². The first kappa shape index (κ1) is 17.3. The van der Waals surface area contributed by atoms with E-state index >= 15 is 0 Å². The van der Waals surface area contributed by atoms with E-state index < -0.39 is 10.0 Å². The van der Waals surface area contributed by atoms with E-state index in [0.29, 0.717) is 12.3 Å². The molecule has 0 fully saturated rings. The van der Waals surface area contributed by atoms with Gasteiger partial charge in [0.05, 0.1) is 12.0 Å². The standard InChI is InChI=1S/C14H23NO3S2/c1-11-10-12(6-7-13(11)18-5)20(16,17)15-8-9-19-14(2,3)4/h6-7,10,15H,8-9H2,1-5H3. The number of sulfonamides is 1. The summed E-state index contributed by atoms with van der Waals surface area (Å²) in [4.78, 5) is 0.275. The van der Waals surface area contributed by atoms with Gasteiger partial charge >= 0.3 is 0 Å². The number of benzene rings is 1. The minimum Gasteiger partial charge on any atom is -0.496 e. The molecule has 0 amide bonds. The van der Waals surface area contributed by atoms with E-state index in [1.54, 1.807) is 37.1 Å². The molecule has 0 saturated carbocycles. The average Bonchev–Trinajstić information content (AvgIpc) is 2.33. The third kappa shape index (κ3) is 5.34. The highest BCUT2D eigenvalue weighted by Gasteiger charge is 2.16. The molecule has 0 saturated heterocycles. The van der Waals surface area contributed by atoms with Gasteiger partial charge in [-0.25, -0.2) is 13.1 Å². The first-order valence-electron chi connectivity index (χ1n) is 6.44. The van der Waals surface area contributed by atoms with Crippen LogP contribution in [0.1, 0.15) is 26.3 Å². The maximum absolute atomic E-state index is 12.1. The molecule has 20 heavy (non-hydrogen) atoms. The first-order valence-corrected chi connectivity index (χ1v) is 8.91. The van der Waals surface area contributed by atoms with Crippen molar-refractivity contribution in [2.24, 2.45) is 0 Å². The second kappa shape index (κ2) is 6.83. The number of nitrogens with one attached hydrogen (secondary N) is 1. The van der Waals surface area contributed by atoms with Gasteiger partial charge in [-0.1, -0.05) is 20.8 Å². The molecule has 0 bridgehead atoms. The molecule has 1 aromatic rings. The monoisotopic (exact) mass is 317 g/mol. The van der Waals surface area contributed by atoms with E-state index in [1.807, 2.05) is 6.92 Å². The highest BCUT2D eigenvalue weighted by Crippen LogP contribution is 2.23. The molecule has 0 aliphatic heterocycles. The summed E-state index contributed by atoms with van der Waals surface area (Å²) in [5, 5.41) is 0. The van der Waals surface area contributed by atoms with Crippen molar-refractivity contribution in [2.45, 2.75) is 37.3 Å². The van der Waals surface area contributed by atoms with Crippen molar-refractivity contribution >= 4 is 21.8 Å². The lowest BCUT2D eigenvalue weighted by Crippen LogP contribution is -2.27. The fraction of sp³-hybridized carbons (Fsp3) is 0.571. The van der Waals surface area contributed by atoms with Gasteiger partial charge in [-0.05, 0) is 30.7 Å². The molecule has 4 nitrogen and oxygen atoms in total. The van der Waals surface area contributed by atoms with Gasteiger partial charge in [0.2, 0.25) is 10.0 Å². The lowest BCUT2D eigenvalue weighted by Gasteiger charge is -2.17. The highest BCUT2D eigenvalue weighted by atomic mass is 32.2. The Morgan fingerprint density at radius 3 is 2.45 bits per heavy atom. The number of hydrogen-bond acceptors (Lipinski definition) is 4. The summed E-state index contributed by atoms with van der Waals surface area (Å²) in [5.74, 6) is 1.44. The van der Waals surface area contributed by atoms with E-state index in [4.69, 9.17) is 4.74 Å². The molecule has 0 spiro atoms. The molecule has 0 aliphatic rings. The smallest absolute Gasteiger partial charge is 0.240 e. The van der Waals surface area contributed by atoms with Crippen LogP contribution in [0.5, 0.6) is 5.75 Å². The zero-order valence-corrected chi connectivity index (χ0v) is 14.3. The van der Waals surface area contributed by atoms with Crippen LogP contribution >= 0.6 is 11.8 Å². The molecule has 0 aliphatic carbocycles. The van der Waals surface area contributed by atoms with E-state index in [2.05, 4.69) is 25.5 Å². The third-order valence-corrected chi connectivity index (χ3v) is 5.34. The molecule has 1 rings (SSSR count). The summed E-state index contributed by atoms with van der Waals surface area (Å²) in [6, 6.07) is 4.86. The summed E-state index contributed by atoms with van der Waals surface area (Å²) < 4.78 is 32.2. The first-order chi connectivity index (χ1) is 9.15. The van der Waals surface area contributed by atoms with Gasteiger partial charge in [0, 0.05) is 17.0 Å². The van der Waals surface area contributed by atoms with Crippen LogP contribution in [0.2, 0.25) is 0 Å². The summed E-state index contributed by atoms with van der Waals surface area (Å²) in [5.41, 5.74) is 0.805. The minimum absolute atomic E-state index is 0.141. The predicted molar refractivity (Wildman–Crippen MR) is 85.1 cm³/mol. The molecule has 1 N–H and O–H groups in total. The van der Waals surface area contributed by atoms with Gasteiger partial charge in [0.1, 0.15) is 5.75 Å². The number of hydrogen-bond donors (Lipinski definition) is 1. The zero-order valence-electron chi connectivity index (χ0n) is 12.7. The van der Waals surface area contributed by atoms with Gasteiger partial charge in [0.15, 0.2) is 0 Å². The number of rotatable bonds is 6. The van der Waals surface area contributed by atoms with Crippen LogP contribution in [-0.4, -0.2) is 32.6 Å². The van der Waals surface area contributed by atoms with Crippen molar-refractivity contribution in [3.8, 4) is 5.75 Å². The van der Waals surface area contributed by atoms with Crippen molar-refractivity contribution in [2.75, 3.05) is 19.4 Å². The van der Waals surface area contributed by atoms with E-state index in [0.717, 1.165) is 11.3 Å². The van der Waals surface area contributed by atoms with E-state index in [9.17, 15) is 8.42 Å². The molecular formula is C14H23NO3S2. The maximum Gasteiger partial charge on any atom is 0.240 e. The van der Waals surface area contributed by atoms with Crippen LogP contribution < -0.4 is 9.46 Å². The fourth-order valence-corrected chi connectivity index (χ4v) is 3.70. The van der Waals surface area contributed by atoms with Crippen molar-refractivity contribution in [3.05, 3.63) is 23.8 Å². The van der Waals surface area contributed by atoms with Gasteiger partial charge in [-0.3, -0.25) is 0 Å². The molecule has 6 heteroatoms. The molecule has 0 atom stereocenters.